The third-order valence-electron chi connectivity index (χ3n) is 2.71. The molecule has 0 radical (unpaired) electrons. The van der Waals surface area contributed by atoms with Crippen molar-refractivity contribution in [3.63, 3.8) is 0 Å². The largest absolute Gasteiger partial charge is 0.493 e. The van der Waals surface area contributed by atoms with Gasteiger partial charge in [0, 0.05) is 12.1 Å². The molecule has 2 N–H and O–H groups in total. The molecule has 0 aliphatic carbocycles. The van der Waals surface area contributed by atoms with Crippen molar-refractivity contribution in [2.75, 3.05) is 32.7 Å². The van der Waals surface area contributed by atoms with Crippen LogP contribution in [0.3, 0.4) is 0 Å². The lowest BCUT2D eigenvalue weighted by Crippen LogP contribution is -2.28. The molecule has 20 heavy (non-hydrogen) atoms. The maximum absolute atomic E-state index is 11.9. The van der Waals surface area contributed by atoms with Crippen LogP contribution in [-0.2, 0) is 10.0 Å². The standard InChI is InChI=1S/C12H19NO6S/c1-8(7-14)20(15,16)13-9-5-10(17-2)12(19-4)11(6-9)18-3/h5-6,8,13-14H,7H2,1-4H3. The Morgan fingerprint density at radius 1 is 1.15 bits per heavy atom. The Bertz CT molecular complexity index is 532. The zero-order chi connectivity index (χ0) is 15.3. The molecule has 1 aromatic carbocycles. The third kappa shape index (κ3) is 3.45. The van der Waals surface area contributed by atoms with Gasteiger partial charge < -0.3 is 19.3 Å². The summed E-state index contributed by atoms with van der Waals surface area (Å²) in [7, 11) is 0.644. The van der Waals surface area contributed by atoms with Gasteiger partial charge in [0.05, 0.1) is 33.6 Å². The first-order chi connectivity index (χ1) is 9.39. The summed E-state index contributed by atoms with van der Waals surface area (Å²) in [5.41, 5.74) is 0.264. The molecule has 0 aliphatic rings. The molecular formula is C12H19NO6S. The normalized spacial score (nSPS) is 12.7. The maximum Gasteiger partial charge on any atom is 0.237 e. The van der Waals surface area contributed by atoms with E-state index in [2.05, 4.69) is 4.72 Å². The molecule has 0 spiro atoms. The number of aliphatic hydroxyl groups is 1. The molecule has 0 fully saturated rings. The van der Waals surface area contributed by atoms with E-state index in [0.29, 0.717) is 17.2 Å². The molecule has 0 heterocycles. The molecular weight excluding hydrogens is 286 g/mol. The van der Waals surface area contributed by atoms with Crippen molar-refractivity contribution >= 4 is 15.7 Å². The predicted octanol–water partition coefficient (Wildman–Crippen LogP) is 0.835. The van der Waals surface area contributed by atoms with Gasteiger partial charge in [0.25, 0.3) is 0 Å². The van der Waals surface area contributed by atoms with E-state index in [9.17, 15) is 8.42 Å². The van der Waals surface area contributed by atoms with Gasteiger partial charge in [0.1, 0.15) is 5.25 Å². The topological polar surface area (TPSA) is 94.1 Å². The fourth-order valence-corrected chi connectivity index (χ4v) is 2.35. The van der Waals surface area contributed by atoms with Gasteiger partial charge in [-0.3, -0.25) is 4.72 Å². The molecule has 0 amide bonds. The number of benzene rings is 1. The van der Waals surface area contributed by atoms with E-state index in [0.717, 1.165) is 0 Å². The predicted molar refractivity (Wildman–Crippen MR) is 75.2 cm³/mol. The first-order valence-electron chi connectivity index (χ1n) is 5.82. The highest BCUT2D eigenvalue weighted by molar-refractivity contribution is 7.93. The van der Waals surface area contributed by atoms with Gasteiger partial charge in [-0.15, -0.1) is 0 Å². The molecule has 0 saturated carbocycles. The van der Waals surface area contributed by atoms with Gasteiger partial charge in [-0.25, -0.2) is 8.42 Å². The molecule has 1 rings (SSSR count). The summed E-state index contributed by atoms with van der Waals surface area (Å²) >= 11 is 0. The lowest BCUT2D eigenvalue weighted by atomic mass is 10.2. The van der Waals surface area contributed by atoms with Crippen LogP contribution in [0.2, 0.25) is 0 Å². The number of ether oxygens (including phenoxy) is 3. The zero-order valence-electron chi connectivity index (χ0n) is 11.8. The van der Waals surface area contributed by atoms with Gasteiger partial charge in [-0.2, -0.15) is 0 Å². The quantitative estimate of drug-likeness (QED) is 0.775. The third-order valence-corrected chi connectivity index (χ3v) is 4.44. The van der Waals surface area contributed by atoms with Crippen LogP contribution in [0.1, 0.15) is 6.92 Å². The summed E-state index contributed by atoms with van der Waals surface area (Å²) < 4.78 is 41.6. The fraction of sp³-hybridized carbons (Fsp3) is 0.500. The second-order valence-electron chi connectivity index (χ2n) is 4.05. The SMILES string of the molecule is COc1cc(NS(=O)(=O)C(C)CO)cc(OC)c1OC. The number of methoxy groups -OCH3 is 3. The molecule has 114 valence electrons. The summed E-state index contributed by atoms with van der Waals surface area (Å²) in [6.45, 7) is 0.931. The second kappa shape index (κ2) is 6.67. The molecule has 1 unspecified atom stereocenters. The van der Waals surface area contributed by atoms with Crippen molar-refractivity contribution < 1.29 is 27.7 Å². The summed E-state index contributed by atoms with van der Waals surface area (Å²) in [6, 6.07) is 2.95. The Morgan fingerprint density at radius 3 is 2.00 bits per heavy atom. The Labute approximate surface area is 118 Å². The summed E-state index contributed by atoms with van der Waals surface area (Å²) in [6.07, 6.45) is 0. The van der Waals surface area contributed by atoms with E-state index in [-0.39, 0.29) is 5.69 Å². The van der Waals surface area contributed by atoms with E-state index >= 15 is 0 Å². The molecule has 7 nitrogen and oxygen atoms in total. The van der Waals surface area contributed by atoms with Crippen molar-refractivity contribution in [1.29, 1.82) is 0 Å². The van der Waals surface area contributed by atoms with Crippen molar-refractivity contribution in [3.05, 3.63) is 12.1 Å². The zero-order valence-corrected chi connectivity index (χ0v) is 12.7. The number of hydrogen-bond acceptors (Lipinski definition) is 6. The minimum atomic E-state index is -3.68. The average Bonchev–Trinajstić information content (AvgIpc) is 2.44. The van der Waals surface area contributed by atoms with E-state index in [1.165, 1.54) is 40.4 Å². The van der Waals surface area contributed by atoms with Crippen LogP contribution in [0.15, 0.2) is 12.1 Å². The number of anilines is 1. The summed E-state index contributed by atoms with van der Waals surface area (Å²) in [4.78, 5) is 0. The Kier molecular flexibility index (Phi) is 5.46. The Hall–Kier alpha value is -1.67. The molecule has 0 saturated heterocycles. The van der Waals surface area contributed by atoms with Gasteiger partial charge in [-0.1, -0.05) is 0 Å². The number of nitrogens with one attached hydrogen (secondary N) is 1. The second-order valence-corrected chi connectivity index (χ2v) is 6.15. The Balaban J connectivity index is 3.21. The van der Waals surface area contributed by atoms with E-state index in [1.807, 2.05) is 0 Å². The highest BCUT2D eigenvalue weighted by Gasteiger charge is 2.21. The Morgan fingerprint density at radius 2 is 1.65 bits per heavy atom. The van der Waals surface area contributed by atoms with E-state index in [4.69, 9.17) is 19.3 Å². The number of sulfonamides is 1. The first-order valence-corrected chi connectivity index (χ1v) is 7.36. The van der Waals surface area contributed by atoms with Crippen LogP contribution in [0.25, 0.3) is 0 Å². The number of rotatable bonds is 7. The molecule has 0 aliphatic heterocycles. The molecule has 1 aromatic rings. The monoisotopic (exact) mass is 305 g/mol. The van der Waals surface area contributed by atoms with Crippen LogP contribution in [-0.4, -0.2) is 46.7 Å². The molecule has 0 aromatic heterocycles. The van der Waals surface area contributed by atoms with Crippen molar-refractivity contribution in [1.82, 2.24) is 0 Å². The van der Waals surface area contributed by atoms with Crippen molar-refractivity contribution in [3.8, 4) is 17.2 Å². The fourth-order valence-electron chi connectivity index (χ4n) is 1.50. The smallest absolute Gasteiger partial charge is 0.237 e. The molecule has 0 bridgehead atoms. The lowest BCUT2D eigenvalue weighted by Gasteiger charge is -2.16. The van der Waals surface area contributed by atoms with Crippen LogP contribution < -0.4 is 18.9 Å². The lowest BCUT2D eigenvalue weighted by molar-refractivity contribution is 0.296. The first kappa shape index (κ1) is 16.4. The molecule has 8 heteroatoms. The minimum absolute atomic E-state index is 0.264. The van der Waals surface area contributed by atoms with Crippen LogP contribution in [0, 0.1) is 0 Å². The van der Waals surface area contributed by atoms with E-state index < -0.39 is 21.9 Å². The summed E-state index contributed by atoms with van der Waals surface area (Å²) in [5.74, 6) is 1.04. The molecule has 1 atom stereocenters. The van der Waals surface area contributed by atoms with Crippen molar-refractivity contribution in [2.45, 2.75) is 12.2 Å². The average molecular weight is 305 g/mol. The number of aliphatic hydroxyl groups excluding tert-OH is 1. The maximum atomic E-state index is 11.9. The van der Waals surface area contributed by atoms with Gasteiger partial charge in [0.15, 0.2) is 11.5 Å². The van der Waals surface area contributed by atoms with Crippen molar-refractivity contribution in [2.24, 2.45) is 0 Å². The van der Waals surface area contributed by atoms with Gasteiger partial charge in [0.2, 0.25) is 15.8 Å². The number of hydrogen-bond donors (Lipinski definition) is 2. The highest BCUT2D eigenvalue weighted by atomic mass is 32.2. The summed E-state index contributed by atoms with van der Waals surface area (Å²) in [5, 5.41) is 8.01. The highest BCUT2D eigenvalue weighted by Crippen LogP contribution is 2.40. The van der Waals surface area contributed by atoms with Crippen LogP contribution in [0.4, 0.5) is 5.69 Å². The van der Waals surface area contributed by atoms with Crippen LogP contribution >= 0.6 is 0 Å². The minimum Gasteiger partial charge on any atom is -0.493 e. The van der Waals surface area contributed by atoms with Gasteiger partial charge in [-0.05, 0) is 6.92 Å². The van der Waals surface area contributed by atoms with Gasteiger partial charge >= 0.3 is 0 Å². The van der Waals surface area contributed by atoms with Crippen LogP contribution in [0.5, 0.6) is 17.2 Å². The van der Waals surface area contributed by atoms with E-state index in [1.54, 1.807) is 0 Å².